The molecular weight excluding hydrogens is 424 g/mol. The van der Waals surface area contributed by atoms with E-state index in [-0.39, 0.29) is 0 Å². The Morgan fingerprint density at radius 2 is 0.909 bits per heavy atom. The van der Waals surface area contributed by atoms with Crippen LogP contribution in [-0.4, -0.2) is 76.2 Å². The molecule has 0 aromatic heterocycles. The minimum absolute atomic E-state index is 0.550. The molecule has 4 heterocycles. The molecule has 0 fully saturated rings. The van der Waals surface area contributed by atoms with Crippen LogP contribution in [0.25, 0.3) is 0 Å². The second-order valence-corrected chi connectivity index (χ2v) is 7.67. The predicted molar refractivity (Wildman–Crippen MR) is 122 cm³/mol. The highest BCUT2D eigenvalue weighted by Gasteiger charge is 2.24. The van der Waals surface area contributed by atoms with Gasteiger partial charge in [-0.05, 0) is 36.4 Å². The van der Waals surface area contributed by atoms with Gasteiger partial charge in [-0.25, -0.2) is 20.0 Å². The van der Waals surface area contributed by atoms with Gasteiger partial charge in [0.1, 0.15) is 37.9 Å². The lowest BCUT2D eigenvalue weighted by Gasteiger charge is -2.16. The number of ether oxygens (including phenoxy) is 5. The quantitative estimate of drug-likeness (QED) is 0.680. The monoisotopic (exact) mass is 446 g/mol. The molecule has 2 aromatic rings. The van der Waals surface area contributed by atoms with Gasteiger partial charge in [-0.1, -0.05) is 0 Å². The zero-order chi connectivity index (χ0) is 22.0. The molecular formula is C24H22N4O5. The van der Waals surface area contributed by atoms with Crippen molar-refractivity contribution in [3.05, 3.63) is 58.7 Å². The molecule has 0 amide bonds. The van der Waals surface area contributed by atoms with Crippen LogP contribution in [0.4, 0.5) is 0 Å². The minimum Gasteiger partial charge on any atom is -0.476 e. The van der Waals surface area contributed by atoms with Crippen molar-refractivity contribution in [1.82, 2.24) is 0 Å². The van der Waals surface area contributed by atoms with Gasteiger partial charge in [-0.3, -0.25) is 0 Å². The van der Waals surface area contributed by atoms with Gasteiger partial charge in [0.2, 0.25) is 23.6 Å². The fraction of sp³-hybridized carbons (Fsp3) is 0.333. The van der Waals surface area contributed by atoms with Crippen LogP contribution in [0.15, 0.2) is 56.4 Å². The standard InChI is InChI=1S/C24H22N4O5/c1-3-17(23-27-7-11-31-23)19(13-15(1)21-25-5-9-29-21)33-20-14-16(22-26-6-10-30-22)2-4-18(20)24-28-8-12-32-24/h1-4,13-14H,5-12H2. The molecule has 0 aliphatic carbocycles. The summed E-state index contributed by atoms with van der Waals surface area (Å²) in [5, 5.41) is 0. The number of nitrogens with zero attached hydrogens (tertiary/aromatic N) is 4. The summed E-state index contributed by atoms with van der Waals surface area (Å²) in [6, 6.07) is 11.5. The maximum absolute atomic E-state index is 6.52. The van der Waals surface area contributed by atoms with Crippen molar-refractivity contribution in [3.8, 4) is 11.5 Å². The van der Waals surface area contributed by atoms with E-state index >= 15 is 0 Å². The molecule has 0 radical (unpaired) electrons. The molecule has 168 valence electrons. The number of aliphatic imine (C=N–C) groups is 4. The van der Waals surface area contributed by atoms with Crippen molar-refractivity contribution < 1.29 is 23.7 Å². The lowest BCUT2D eigenvalue weighted by molar-refractivity contribution is 0.344. The van der Waals surface area contributed by atoms with E-state index in [9.17, 15) is 0 Å². The van der Waals surface area contributed by atoms with E-state index in [1.54, 1.807) is 0 Å². The molecule has 0 N–H and O–H groups in total. The summed E-state index contributed by atoms with van der Waals surface area (Å²) >= 11 is 0. The van der Waals surface area contributed by atoms with E-state index in [4.69, 9.17) is 23.7 Å². The van der Waals surface area contributed by atoms with Crippen LogP contribution in [-0.2, 0) is 18.9 Å². The highest BCUT2D eigenvalue weighted by atomic mass is 16.5. The summed E-state index contributed by atoms with van der Waals surface area (Å²) in [5.41, 5.74) is 3.19. The van der Waals surface area contributed by atoms with Crippen LogP contribution in [0.1, 0.15) is 22.3 Å². The molecule has 6 rings (SSSR count). The molecule has 0 atom stereocenters. The average Bonchev–Trinajstić information content (AvgIpc) is 3.67. The largest absolute Gasteiger partial charge is 0.476 e. The molecule has 0 saturated heterocycles. The molecule has 0 unspecified atom stereocenters. The predicted octanol–water partition coefficient (Wildman–Crippen LogP) is 2.59. The Morgan fingerprint density at radius 1 is 0.515 bits per heavy atom. The molecule has 4 aliphatic heterocycles. The van der Waals surface area contributed by atoms with Gasteiger partial charge in [0.05, 0.1) is 37.3 Å². The average molecular weight is 446 g/mol. The Hall–Kier alpha value is -3.88. The van der Waals surface area contributed by atoms with E-state index in [1.807, 2.05) is 36.4 Å². The Balaban J connectivity index is 1.44. The second-order valence-electron chi connectivity index (χ2n) is 7.67. The highest BCUT2D eigenvalue weighted by Crippen LogP contribution is 2.33. The van der Waals surface area contributed by atoms with E-state index in [0.717, 1.165) is 22.3 Å². The molecule has 33 heavy (non-hydrogen) atoms. The smallest absolute Gasteiger partial charge is 0.220 e. The Morgan fingerprint density at radius 3 is 1.27 bits per heavy atom. The van der Waals surface area contributed by atoms with Gasteiger partial charge in [-0.15, -0.1) is 0 Å². The van der Waals surface area contributed by atoms with Crippen LogP contribution in [0.3, 0.4) is 0 Å². The molecule has 9 nitrogen and oxygen atoms in total. The number of hydrogen-bond donors (Lipinski definition) is 0. The van der Waals surface area contributed by atoms with Crippen LogP contribution in [0, 0.1) is 0 Å². The number of benzene rings is 2. The van der Waals surface area contributed by atoms with Crippen LogP contribution in [0.5, 0.6) is 11.5 Å². The van der Waals surface area contributed by atoms with Crippen molar-refractivity contribution in [2.24, 2.45) is 20.0 Å². The first-order valence-corrected chi connectivity index (χ1v) is 11.0. The summed E-state index contributed by atoms with van der Waals surface area (Å²) in [6.07, 6.45) is 0. The SMILES string of the molecule is c1cc(C2=NCCO2)c(Oc2cc(C3=NCCO3)ccc2C2=NCCO2)cc1C1=NCCO1. The highest BCUT2D eigenvalue weighted by molar-refractivity contribution is 6.03. The van der Waals surface area contributed by atoms with Crippen LogP contribution < -0.4 is 4.74 Å². The molecule has 2 aromatic carbocycles. The first kappa shape index (κ1) is 19.8. The van der Waals surface area contributed by atoms with E-state index in [1.165, 1.54) is 0 Å². The maximum Gasteiger partial charge on any atom is 0.220 e. The van der Waals surface area contributed by atoms with Gasteiger partial charge < -0.3 is 23.7 Å². The summed E-state index contributed by atoms with van der Waals surface area (Å²) in [5.74, 6) is 3.48. The van der Waals surface area contributed by atoms with Crippen molar-refractivity contribution in [2.75, 3.05) is 52.6 Å². The molecule has 0 bridgehead atoms. The van der Waals surface area contributed by atoms with Crippen LogP contribution >= 0.6 is 0 Å². The van der Waals surface area contributed by atoms with Gasteiger partial charge in [-0.2, -0.15) is 0 Å². The van der Waals surface area contributed by atoms with Crippen molar-refractivity contribution in [2.45, 2.75) is 0 Å². The fourth-order valence-corrected chi connectivity index (χ4v) is 3.97. The van der Waals surface area contributed by atoms with Crippen molar-refractivity contribution in [3.63, 3.8) is 0 Å². The summed E-state index contributed by atoms with van der Waals surface area (Å²) in [7, 11) is 0. The summed E-state index contributed by atoms with van der Waals surface area (Å²) < 4.78 is 29.3. The van der Waals surface area contributed by atoms with Crippen molar-refractivity contribution in [1.29, 1.82) is 0 Å². The third-order valence-corrected chi connectivity index (χ3v) is 5.48. The Kier molecular flexibility index (Phi) is 5.14. The maximum atomic E-state index is 6.52. The molecule has 9 heteroatoms. The first-order chi connectivity index (χ1) is 16.3. The lowest BCUT2D eigenvalue weighted by Crippen LogP contribution is -2.10. The Labute approximate surface area is 190 Å². The van der Waals surface area contributed by atoms with Gasteiger partial charge in [0.15, 0.2) is 0 Å². The minimum atomic E-state index is 0.550. The van der Waals surface area contributed by atoms with E-state index in [2.05, 4.69) is 20.0 Å². The Bertz CT molecular complexity index is 1120. The molecule has 0 spiro atoms. The summed E-state index contributed by atoms with van der Waals surface area (Å²) in [6.45, 7) is 4.79. The molecule has 4 aliphatic rings. The van der Waals surface area contributed by atoms with Crippen LogP contribution in [0.2, 0.25) is 0 Å². The van der Waals surface area contributed by atoms with Gasteiger partial charge in [0, 0.05) is 11.1 Å². The zero-order valence-corrected chi connectivity index (χ0v) is 18.0. The third kappa shape index (κ3) is 3.90. The van der Waals surface area contributed by atoms with Crippen molar-refractivity contribution >= 4 is 23.6 Å². The zero-order valence-electron chi connectivity index (χ0n) is 18.0. The normalized spacial score (nSPS) is 19.0. The third-order valence-electron chi connectivity index (χ3n) is 5.48. The van der Waals surface area contributed by atoms with Gasteiger partial charge in [0.25, 0.3) is 0 Å². The topological polar surface area (TPSA) is 95.6 Å². The van der Waals surface area contributed by atoms with E-state index < -0.39 is 0 Å². The fourth-order valence-electron chi connectivity index (χ4n) is 3.97. The van der Waals surface area contributed by atoms with Gasteiger partial charge >= 0.3 is 0 Å². The summed E-state index contributed by atoms with van der Waals surface area (Å²) in [4.78, 5) is 17.8. The molecule has 0 saturated carbocycles. The number of rotatable bonds is 6. The second kappa shape index (κ2) is 8.57. The lowest BCUT2D eigenvalue weighted by atomic mass is 10.1. The first-order valence-electron chi connectivity index (χ1n) is 11.0. The van der Waals surface area contributed by atoms with E-state index in [0.29, 0.717) is 87.7 Å². The number of hydrogen-bond acceptors (Lipinski definition) is 9.